The van der Waals surface area contributed by atoms with Gasteiger partial charge in [0.25, 0.3) is 5.56 Å². The van der Waals surface area contributed by atoms with Gasteiger partial charge in [-0.3, -0.25) is 14.2 Å². The number of amides is 1. The van der Waals surface area contributed by atoms with Crippen LogP contribution in [0.2, 0.25) is 5.02 Å². The van der Waals surface area contributed by atoms with E-state index < -0.39 is 0 Å². The lowest BCUT2D eigenvalue weighted by Crippen LogP contribution is -2.24. The number of nitrogens with zero attached hydrogens (tertiary/aromatic N) is 2. The number of thiophene rings is 1. The summed E-state index contributed by atoms with van der Waals surface area (Å²) >= 11 is 9.24. The lowest BCUT2D eigenvalue weighted by Gasteiger charge is -2.13. The van der Waals surface area contributed by atoms with E-state index in [4.69, 9.17) is 16.6 Å². The molecule has 3 aromatic rings. The number of thioether (sulfide) groups is 1. The number of anilines is 1. The second-order valence-corrected chi connectivity index (χ2v) is 10.1. The molecule has 2 aromatic heterocycles. The fourth-order valence-electron chi connectivity index (χ4n) is 3.97. The highest BCUT2D eigenvalue weighted by atomic mass is 35.5. The minimum atomic E-state index is -0.167. The van der Waals surface area contributed by atoms with Crippen molar-refractivity contribution in [2.24, 2.45) is 0 Å². The molecule has 0 bridgehead atoms. The first-order valence-corrected chi connectivity index (χ1v) is 12.3. The van der Waals surface area contributed by atoms with Crippen LogP contribution in [0.15, 0.2) is 22.1 Å². The highest BCUT2D eigenvalue weighted by Crippen LogP contribution is 2.35. The van der Waals surface area contributed by atoms with E-state index in [9.17, 15) is 9.59 Å². The first-order chi connectivity index (χ1) is 14.4. The smallest absolute Gasteiger partial charge is 0.263 e. The Morgan fingerprint density at radius 1 is 1.33 bits per heavy atom. The molecule has 2 heterocycles. The lowest BCUT2D eigenvalue weighted by molar-refractivity contribution is -0.113. The van der Waals surface area contributed by atoms with Crippen LogP contribution in [0.1, 0.15) is 41.3 Å². The van der Waals surface area contributed by atoms with Gasteiger partial charge in [0.15, 0.2) is 5.16 Å². The van der Waals surface area contributed by atoms with Crippen molar-refractivity contribution in [3.63, 3.8) is 0 Å². The maximum atomic E-state index is 13.2. The normalized spacial score (nSPS) is 13.1. The average Bonchev–Trinajstić information content (AvgIpc) is 3.26. The van der Waals surface area contributed by atoms with Crippen molar-refractivity contribution >= 4 is 56.5 Å². The fraction of sp³-hybridized carbons (Fsp3) is 0.409. The zero-order valence-corrected chi connectivity index (χ0v) is 19.7. The third-order valence-electron chi connectivity index (χ3n) is 5.27. The van der Waals surface area contributed by atoms with Gasteiger partial charge in [0, 0.05) is 11.4 Å². The minimum Gasteiger partial charge on any atom is -0.324 e. The maximum absolute atomic E-state index is 13.2. The molecule has 1 amide bonds. The third kappa shape index (κ3) is 4.03. The van der Waals surface area contributed by atoms with Gasteiger partial charge in [0.2, 0.25) is 5.91 Å². The topological polar surface area (TPSA) is 64.0 Å². The summed E-state index contributed by atoms with van der Waals surface area (Å²) in [5.41, 5.74) is 3.83. The molecule has 0 saturated carbocycles. The van der Waals surface area contributed by atoms with Crippen LogP contribution in [0, 0.1) is 13.8 Å². The summed E-state index contributed by atoms with van der Waals surface area (Å²) in [6.45, 7) is 6.53. The summed E-state index contributed by atoms with van der Waals surface area (Å²) in [6, 6.07) is 3.82. The summed E-state index contributed by atoms with van der Waals surface area (Å²) in [5.74, 6) is -0.00365. The Balaban J connectivity index is 1.58. The van der Waals surface area contributed by atoms with Gasteiger partial charge < -0.3 is 5.32 Å². The molecule has 0 saturated heterocycles. The molecule has 0 unspecified atom stereocenters. The van der Waals surface area contributed by atoms with Crippen molar-refractivity contribution in [2.45, 2.75) is 58.2 Å². The Bertz CT molecular complexity index is 1180. The summed E-state index contributed by atoms with van der Waals surface area (Å²) in [4.78, 5) is 32.7. The molecule has 1 aliphatic rings. The number of rotatable bonds is 6. The summed E-state index contributed by atoms with van der Waals surface area (Å²) in [7, 11) is 0. The van der Waals surface area contributed by atoms with E-state index in [1.54, 1.807) is 15.9 Å². The number of nitrogens with one attached hydrogen (secondary N) is 1. The van der Waals surface area contributed by atoms with Gasteiger partial charge in [-0.1, -0.05) is 36.4 Å². The number of benzene rings is 1. The number of hydrogen-bond donors (Lipinski definition) is 1. The molecule has 30 heavy (non-hydrogen) atoms. The van der Waals surface area contributed by atoms with Crippen molar-refractivity contribution in [1.29, 1.82) is 0 Å². The van der Waals surface area contributed by atoms with E-state index >= 15 is 0 Å². The molecule has 0 radical (unpaired) electrons. The molecule has 1 aliphatic carbocycles. The zero-order chi connectivity index (χ0) is 21.4. The molecule has 5 nitrogen and oxygen atoms in total. The van der Waals surface area contributed by atoms with Gasteiger partial charge in [-0.15, -0.1) is 11.3 Å². The number of fused-ring (bicyclic) bond motifs is 3. The number of carbonyl (C=O) groups excluding carboxylic acids is 1. The van der Waals surface area contributed by atoms with Crippen molar-refractivity contribution in [2.75, 3.05) is 11.1 Å². The zero-order valence-electron chi connectivity index (χ0n) is 17.3. The van der Waals surface area contributed by atoms with Crippen molar-refractivity contribution in [3.8, 4) is 0 Å². The van der Waals surface area contributed by atoms with Crippen molar-refractivity contribution < 1.29 is 4.79 Å². The quantitative estimate of drug-likeness (QED) is 0.396. The van der Waals surface area contributed by atoms with E-state index in [-0.39, 0.29) is 17.2 Å². The Hall–Kier alpha value is -1.83. The molecule has 1 N–H and O–H groups in total. The Labute approximate surface area is 188 Å². The van der Waals surface area contributed by atoms with Gasteiger partial charge in [-0.2, -0.15) is 0 Å². The van der Waals surface area contributed by atoms with Gasteiger partial charge in [0.05, 0.1) is 21.8 Å². The third-order valence-corrected chi connectivity index (χ3v) is 7.73. The molecule has 0 aliphatic heterocycles. The molecule has 0 atom stereocenters. The SMILES string of the molecule is CCCn1c(SCC(=O)Nc2c(C)cc(C)cc2Cl)nc2sc3c(c2c1=O)CCC3. The molecular weight excluding hydrogens is 438 g/mol. The van der Waals surface area contributed by atoms with Gasteiger partial charge >= 0.3 is 0 Å². The van der Waals surface area contributed by atoms with Crippen LogP contribution in [0.25, 0.3) is 10.2 Å². The highest BCUT2D eigenvalue weighted by Gasteiger charge is 2.23. The average molecular weight is 462 g/mol. The molecule has 4 rings (SSSR count). The van der Waals surface area contributed by atoms with Crippen LogP contribution >= 0.6 is 34.7 Å². The Morgan fingerprint density at radius 3 is 2.87 bits per heavy atom. The van der Waals surface area contributed by atoms with Crippen LogP contribution in [0.3, 0.4) is 0 Å². The van der Waals surface area contributed by atoms with E-state index in [0.29, 0.717) is 22.4 Å². The van der Waals surface area contributed by atoms with E-state index in [1.807, 2.05) is 32.9 Å². The largest absolute Gasteiger partial charge is 0.324 e. The predicted molar refractivity (Wildman–Crippen MR) is 126 cm³/mol. The monoisotopic (exact) mass is 461 g/mol. The van der Waals surface area contributed by atoms with Crippen molar-refractivity contribution in [3.05, 3.63) is 49.1 Å². The van der Waals surface area contributed by atoms with E-state index in [1.165, 1.54) is 22.2 Å². The van der Waals surface area contributed by atoms with Crippen LogP contribution in [0.5, 0.6) is 0 Å². The first-order valence-electron chi connectivity index (χ1n) is 10.1. The second-order valence-electron chi connectivity index (χ2n) is 7.66. The van der Waals surface area contributed by atoms with Gasteiger partial charge in [-0.05, 0) is 62.3 Å². The van der Waals surface area contributed by atoms with Gasteiger partial charge in [-0.25, -0.2) is 4.98 Å². The molecule has 8 heteroatoms. The number of aryl methyl sites for hydroxylation is 4. The van der Waals surface area contributed by atoms with Crippen molar-refractivity contribution in [1.82, 2.24) is 9.55 Å². The highest BCUT2D eigenvalue weighted by molar-refractivity contribution is 7.99. The summed E-state index contributed by atoms with van der Waals surface area (Å²) < 4.78 is 1.73. The Kier molecular flexibility index (Phi) is 6.23. The van der Waals surface area contributed by atoms with E-state index in [2.05, 4.69) is 5.32 Å². The first kappa shape index (κ1) is 21.4. The number of carbonyl (C=O) groups is 1. The Morgan fingerprint density at radius 2 is 2.13 bits per heavy atom. The van der Waals surface area contributed by atoms with Crippen LogP contribution in [0.4, 0.5) is 5.69 Å². The molecular formula is C22H24ClN3O2S2. The standard InChI is InChI=1S/C22H24ClN3O2S2/c1-4-8-26-21(28)18-14-6-5-7-16(14)30-20(18)25-22(26)29-11-17(27)24-19-13(3)9-12(2)10-15(19)23/h9-10H,4-8,11H2,1-3H3,(H,24,27). The lowest BCUT2D eigenvalue weighted by atomic mass is 10.1. The predicted octanol–water partition coefficient (Wildman–Crippen LogP) is 5.36. The maximum Gasteiger partial charge on any atom is 0.263 e. The number of aromatic nitrogens is 2. The van der Waals surface area contributed by atoms with Crippen LogP contribution < -0.4 is 10.9 Å². The summed E-state index contributed by atoms with van der Waals surface area (Å²) in [6.07, 6.45) is 3.94. The number of hydrogen-bond acceptors (Lipinski definition) is 5. The molecule has 158 valence electrons. The van der Waals surface area contributed by atoms with E-state index in [0.717, 1.165) is 47.0 Å². The van der Waals surface area contributed by atoms with Gasteiger partial charge in [0.1, 0.15) is 4.83 Å². The molecule has 0 fully saturated rings. The number of halogens is 1. The van der Waals surface area contributed by atoms with Crippen LogP contribution in [-0.2, 0) is 24.2 Å². The fourth-order valence-corrected chi connectivity index (χ4v) is 6.47. The molecule has 0 spiro atoms. The minimum absolute atomic E-state index is 0.0292. The molecule has 1 aromatic carbocycles. The second kappa shape index (κ2) is 8.73. The van der Waals surface area contributed by atoms with Crippen LogP contribution in [-0.4, -0.2) is 21.2 Å². The summed E-state index contributed by atoms with van der Waals surface area (Å²) in [5, 5.41) is 4.83.